The molecule has 2 aliphatic carbocycles. The molecule has 0 spiro atoms. The van der Waals surface area contributed by atoms with Gasteiger partial charge in [-0.05, 0) is 42.4 Å². The lowest BCUT2D eigenvalue weighted by Crippen LogP contribution is -2.41. The first-order valence-electron chi connectivity index (χ1n) is 7.87. The van der Waals surface area contributed by atoms with E-state index in [-0.39, 0.29) is 11.3 Å². The van der Waals surface area contributed by atoms with Crippen LogP contribution in [0, 0.1) is 23.2 Å². The van der Waals surface area contributed by atoms with Gasteiger partial charge in [-0.15, -0.1) is 12.6 Å². The summed E-state index contributed by atoms with van der Waals surface area (Å²) in [5, 5.41) is 0. The summed E-state index contributed by atoms with van der Waals surface area (Å²) < 4.78 is 0. The van der Waals surface area contributed by atoms with Crippen molar-refractivity contribution in [3.8, 4) is 0 Å². The molecule has 2 heteroatoms. The van der Waals surface area contributed by atoms with Gasteiger partial charge in [0.15, 0.2) is 0 Å². The molecule has 1 saturated carbocycles. The highest BCUT2D eigenvalue weighted by Gasteiger charge is 2.45. The third kappa shape index (κ3) is 3.09. The number of rotatable bonds is 0. The third-order valence-electron chi connectivity index (χ3n) is 5.61. The Morgan fingerprint density at radius 2 is 2.00 bits per heavy atom. The first kappa shape index (κ1) is 15.2. The fourth-order valence-corrected chi connectivity index (χ4v) is 4.41. The van der Waals surface area contributed by atoms with Crippen LogP contribution in [0.4, 0.5) is 0 Å². The summed E-state index contributed by atoms with van der Waals surface area (Å²) >= 11 is 4.81. The second-order valence-electron chi connectivity index (χ2n) is 6.98. The smallest absolute Gasteiger partial charge is 0.136 e. The van der Waals surface area contributed by atoms with Gasteiger partial charge in [0.05, 0.1) is 0 Å². The van der Waals surface area contributed by atoms with Crippen LogP contribution in [0.3, 0.4) is 0 Å². The molecule has 0 aliphatic heterocycles. The summed E-state index contributed by atoms with van der Waals surface area (Å²) in [6.45, 7) is 6.84. The molecule has 0 aromatic heterocycles. The van der Waals surface area contributed by atoms with Crippen LogP contribution in [0.5, 0.6) is 0 Å². The Balaban J connectivity index is 2.30. The van der Waals surface area contributed by atoms with Gasteiger partial charge in [0.2, 0.25) is 0 Å². The van der Waals surface area contributed by atoms with Gasteiger partial charge >= 0.3 is 0 Å². The Labute approximate surface area is 123 Å². The lowest BCUT2D eigenvalue weighted by molar-refractivity contribution is -0.129. The van der Waals surface area contributed by atoms with Crippen LogP contribution in [0.1, 0.15) is 65.7 Å². The van der Waals surface area contributed by atoms with Gasteiger partial charge in [-0.2, -0.15) is 0 Å². The van der Waals surface area contributed by atoms with Gasteiger partial charge in [0.25, 0.3) is 0 Å². The maximum atomic E-state index is 12.1. The summed E-state index contributed by atoms with van der Waals surface area (Å²) in [6, 6.07) is 0. The summed E-state index contributed by atoms with van der Waals surface area (Å²) in [7, 11) is 0. The van der Waals surface area contributed by atoms with Crippen molar-refractivity contribution in [2.24, 2.45) is 23.2 Å². The SMILES string of the molecule is CC1C(=O)CCC2(C)/C(S)=C/CCC[C@H](C)CCC12. The maximum absolute atomic E-state index is 12.1. The topological polar surface area (TPSA) is 17.1 Å². The number of fused-ring (bicyclic) bond motifs is 1. The normalized spacial score (nSPS) is 44.1. The molecule has 2 aliphatic rings. The number of hydrogen-bond donors (Lipinski definition) is 1. The molecule has 0 radical (unpaired) electrons. The van der Waals surface area contributed by atoms with E-state index < -0.39 is 0 Å². The standard InChI is InChI=1S/C17H28OS/c1-12-6-4-5-7-16(19)17(3)11-10-15(18)13(2)14(17)9-8-12/h7,12-14,19H,4-6,8-11H2,1-3H3/b16-7-/t12-,13?,14?,17?/m0/s1. The molecule has 0 aromatic carbocycles. The van der Waals surface area contributed by atoms with Gasteiger partial charge in [0.1, 0.15) is 5.78 Å². The summed E-state index contributed by atoms with van der Waals surface area (Å²) in [5.74, 6) is 1.95. The van der Waals surface area contributed by atoms with E-state index in [2.05, 4.69) is 26.8 Å². The van der Waals surface area contributed by atoms with E-state index in [0.29, 0.717) is 11.7 Å². The largest absolute Gasteiger partial charge is 0.299 e. The van der Waals surface area contributed by atoms with Crippen molar-refractivity contribution >= 4 is 18.4 Å². The number of carbonyl (C=O) groups excluding carboxylic acids is 1. The molecule has 0 N–H and O–H groups in total. The van der Waals surface area contributed by atoms with E-state index in [9.17, 15) is 4.79 Å². The van der Waals surface area contributed by atoms with Crippen LogP contribution < -0.4 is 0 Å². The summed E-state index contributed by atoms with van der Waals surface area (Å²) in [6.07, 6.45) is 10.2. The van der Waals surface area contributed by atoms with Gasteiger partial charge < -0.3 is 0 Å². The zero-order valence-corrected chi connectivity index (χ0v) is 13.5. The minimum atomic E-state index is 0.132. The van der Waals surface area contributed by atoms with Gasteiger partial charge in [-0.1, -0.05) is 39.7 Å². The molecule has 0 saturated heterocycles. The molecule has 19 heavy (non-hydrogen) atoms. The second kappa shape index (κ2) is 6.03. The average molecular weight is 280 g/mol. The molecule has 108 valence electrons. The molecule has 3 unspecified atom stereocenters. The predicted octanol–water partition coefficient (Wildman–Crippen LogP) is 5.02. The Hall–Kier alpha value is -0.240. The minimum Gasteiger partial charge on any atom is -0.299 e. The van der Waals surface area contributed by atoms with Crippen molar-refractivity contribution in [3.05, 3.63) is 11.0 Å². The van der Waals surface area contributed by atoms with Crippen molar-refractivity contribution in [2.75, 3.05) is 0 Å². The van der Waals surface area contributed by atoms with Crippen LogP contribution in [-0.2, 0) is 4.79 Å². The average Bonchev–Trinajstić information content (AvgIpc) is 2.38. The van der Waals surface area contributed by atoms with Crippen molar-refractivity contribution in [1.82, 2.24) is 0 Å². The second-order valence-corrected chi connectivity index (χ2v) is 7.46. The lowest BCUT2D eigenvalue weighted by atomic mass is 9.60. The number of allylic oxidation sites excluding steroid dienone is 2. The van der Waals surface area contributed by atoms with Gasteiger partial charge in [0, 0.05) is 17.8 Å². The molecular formula is C17H28OS. The lowest BCUT2D eigenvalue weighted by Gasteiger charge is -2.45. The predicted molar refractivity (Wildman–Crippen MR) is 84.3 cm³/mol. The highest BCUT2D eigenvalue weighted by atomic mass is 32.1. The quantitative estimate of drug-likeness (QED) is 0.616. The van der Waals surface area contributed by atoms with Crippen molar-refractivity contribution in [2.45, 2.75) is 65.7 Å². The Morgan fingerprint density at radius 3 is 2.74 bits per heavy atom. The molecule has 2 rings (SSSR count). The van der Waals surface area contributed by atoms with Crippen LogP contribution in [0.2, 0.25) is 0 Å². The zero-order chi connectivity index (χ0) is 14.0. The maximum Gasteiger partial charge on any atom is 0.136 e. The first-order chi connectivity index (χ1) is 8.95. The van der Waals surface area contributed by atoms with Crippen LogP contribution >= 0.6 is 12.6 Å². The molecule has 0 aromatic rings. The Morgan fingerprint density at radius 1 is 1.26 bits per heavy atom. The highest BCUT2D eigenvalue weighted by Crippen LogP contribution is 2.51. The minimum absolute atomic E-state index is 0.132. The Bertz CT molecular complexity index is 373. The molecular weight excluding hydrogens is 252 g/mol. The van der Waals surface area contributed by atoms with Crippen molar-refractivity contribution in [1.29, 1.82) is 0 Å². The summed E-state index contributed by atoms with van der Waals surface area (Å²) in [4.78, 5) is 13.3. The number of thiol groups is 1. The van der Waals surface area contributed by atoms with Gasteiger partial charge in [-0.3, -0.25) is 4.79 Å². The molecule has 4 atom stereocenters. The van der Waals surface area contributed by atoms with E-state index in [1.807, 2.05) is 0 Å². The molecule has 1 fully saturated rings. The van der Waals surface area contributed by atoms with Crippen LogP contribution in [0.25, 0.3) is 0 Å². The number of carbonyl (C=O) groups is 1. The molecule has 0 amide bonds. The molecule has 0 bridgehead atoms. The summed E-state index contributed by atoms with van der Waals surface area (Å²) in [5.41, 5.74) is 0.132. The number of hydrogen-bond acceptors (Lipinski definition) is 2. The van der Waals surface area contributed by atoms with E-state index in [1.165, 1.54) is 30.6 Å². The highest BCUT2D eigenvalue weighted by molar-refractivity contribution is 7.84. The molecule has 1 nitrogen and oxygen atoms in total. The van der Waals surface area contributed by atoms with Crippen molar-refractivity contribution < 1.29 is 4.79 Å². The zero-order valence-electron chi connectivity index (χ0n) is 12.6. The monoisotopic (exact) mass is 280 g/mol. The van der Waals surface area contributed by atoms with Gasteiger partial charge in [-0.25, -0.2) is 0 Å². The Kier molecular flexibility index (Phi) is 4.81. The van der Waals surface area contributed by atoms with E-state index in [1.54, 1.807) is 0 Å². The first-order valence-corrected chi connectivity index (χ1v) is 8.32. The fraction of sp³-hybridized carbons (Fsp3) is 0.824. The molecule has 0 heterocycles. The van der Waals surface area contributed by atoms with E-state index >= 15 is 0 Å². The fourth-order valence-electron chi connectivity index (χ4n) is 4.01. The van der Waals surface area contributed by atoms with E-state index in [4.69, 9.17) is 12.6 Å². The third-order valence-corrected chi connectivity index (χ3v) is 6.31. The van der Waals surface area contributed by atoms with E-state index in [0.717, 1.165) is 25.2 Å². The van der Waals surface area contributed by atoms with Crippen LogP contribution in [0.15, 0.2) is 11.0 Å². The number of ketones is 1. The number of Topliss-reactive ketones (excluding diaryl/α,β-unsaturated/α-hetero) is 1. The van der Waals surface area contributed by atoms with Crippen molar-refractivity contribution in [3.63, 3.8) is 0 Å². The van der Waals surface area contributed by atoms with Crippen LogP contribution in [-0.4, -0.2) is 5.78 Å².